The lowest BCUT2D eigenvalue weighted by Crippen LogP contribution is -2.21. The third-order valence-electron chi connectivity index (χ3n) is 3.02. The van der Waals surface area contributed by atoms with Crippen molar-refractivity contribution in [2.24, 2.45) is 0 Å². The number of benzene rings is 1. The molecular formula is C11H10ClFO4. The summed E-state index contributed by atoms with van der Waals surface area (Å²) in [6.07, 6.45) is 0.548. The van der Waals surface area contributed by atoms with Crippen LogP contribution in [0.1, 0.15) is 18.4 Å². The molecule has 0 unspecified atom stereocenters. The van der Waals surface area contributed by atoms with Gasteiger partial charge in [-0.25, -0.2) is 4.39 Å². The molecule has 0 aromatic heterocycles. The molecule has 0 heterocycles. The lowest BCUT2D eigenvalue weighted by atomic mass is 9.94. The number of halogens is 2. The average molecular weight is 261 g/mol. The number of methoxy groups -OCH3 is 1. The van der Waals surface area contributed by atoms with Crippen molar-refractivity contribution in [2.75, 3.05) is 7.11 Å². The van der Waals surface area contributed by atoms with Gasteiger partial charge in [-0.05, 0) is 12.8 Å². The van der Waals surface area contributed by atoms with Gasteiger partial charge >= 0.3 is 5.97 Å². The Morgan fingerprint density at radius 3 is 2.59 bits per heavy atom. The summed E-state index contributed by atoms with van der Waals surface area (Å²) in [6.45, 7) is 0. The number of phenols is 1. The van der Waals surface area contributed by atoms with E-state index in [1.54, 1.807) is 0 Å². The van der Waals surface area contributed by atoms with Crippen LogP contribution in [0.3, 0.4) is 0 Å². The second-order valence-corrected chi connectivity index (χ2v) is 4.39. The van der Waals surface area contributed by atoms with E-state index in [-0.39, 0.29) is 29.2 Å². The highest BCUT2D eigenvalue weighted by Gasteiger charge is 2.55. The minimum Gasteiger partial charge on any atom is -0.504 e. The topological polar surface area (TPSA) is 66.8 Å². The summed E-state index contributed by atoms with van der Waals surface area (Å²) in [7, 11) is 1.29. The van der Waals surface area contributed by atoms with Crippen LogP contribution in [0.4, 0.5) is 4.39 Å². The average Bonchev–Trinajstić information content (AvgIpc) is 3.05. The molecule has 17 heavy (non-hydrogen) atoms. The standard InChI is InChI=1S/C11H10ClFO4/c1-17-6-4-5(12)8(13)7(9(6)14)11(2-3-11)10(15)16/h4,14H,2-3H2,1H3,(H,15,16). The van der Waals surface area contributed by atoms with Gasteiger partial charge in [0.05, 0.1) is 23.1 Å². The van der Waals surface area contributed by atoms with Crippen LogP contribution in [0.2, 0.25) is 5.02 Å². The Bertz CT molecular complexity index is 497. The number of carboxylic acid groups (broad SMARTS) is 1. The lowest BCUT2D eigenvalue weighted by Gasteiger charge is -2.16. The highest BCUT2D eigenvalue weighted by molar-refractivity contribution is 6.31. The molecular weight excluding hydrogens is 251 g/mol. The van der Waals surface area contributed by atoms with Gasteiger partial charge in [-0.2, -0.15) is 0 Å². The summed E-state index contributed by atoms with van der Waals surface area (Å²) in [5, 5.41) is 18.7. The van der Waals surface area contributed by atoms with Crippen molar-refractivity contribution in [3.05, 3.63) is 22.5 Å². The molecule has 1 aliphatic carbocycles. The summed E-state index contributed by atoms with van der Waals surface area (Å²) < 4.78 is 18.7. The summed E-state index contributed by atoms with van der Waals surface area (Å²) >= 11 is 5.65. The lowest BCUT2D eigenvalue weighted by molar-refractivity contribution is -0.140. The number of rotatable bonds is 3. The van der Waals surface area contributed by atoms with Crippen LogP contribution < -0.4 is 4.74 Å². The van der Waals surface area contributed by atoms with E-state index < -0.39 is 23.0 Å². The molecule has 0 atom stereocenters. The number of phenolic OH excluding ortho intramolecular Hbond substituents is 1. The van der Waals surface area contributed by atoms with Gasteiger partial charge in [0.25, 0.3) is 0 Å². The molecule has 0 amide bonds. The van der Waals surface area contributed by atoms with Crippen LogP contribution in [0.5, 0.6) is 11.5 Å². The minimum atomic E-state index is -1.37. The first kappa shape index (κ1) is 12.0. The van der Waals surface area contributed by atoms with E-state index in [0.29, 0.717) is 0 Å². The van der Waals surface area contributed by atoms with Crippen LogP contribution >= 0.6 is 11.6 Å². The van der Waals surface area contributed by atoms with E-state index in [4.69, 9.17) is 21.4 Å². The number of hydrogen-bond donors (Lipinski definition) is 2. The Hall–Kier alpha value is -1.49. The molecule has 1 aliphatic rings. The van der Waals surface area contributed by atoms with Crippen LogP contribution in [-0.4, -0.2) is 23.3 Å². The molecule has 0 spiro atoms. The molecule has 2 rings (SSSR count). The highest BCUT2D eigenvalue weighted by Crippen LogP contribution is 2.55. The molecule has 1 aromatic rings. The molecule has 2 N–H and O–H groups in total. The van der Waals surface area contributed by atoms with Gasteiger partial charge in [0.1, 0.15) is 5.82 Å². The van der Waals surface area contributed by atoms with Gasteiger partial charge in [-0.15, -0.1) is 0 Å². The van der Waals surface area contributed by atoms with E-state index >= 15 is 0 Å². The zero-order chi connectivity index (χ0) is 12.8. The van der Waals surface area contributed by atoms with Crippen molar-refractivity contribution in [3.8, 4) is 11.5 Å². The van der Waals surface area contributed by atoms with E-state index in [1.165, 1.54) is 7.11 Å². The summed E-state index contributed by atoms with van der Waals surface area (Å²) in [6, 6.07) is 1.12. The molecule has 1 fully saturated rings. The van der Waals surface area contributed by atoms with Crippen molar-refractivity contribution < 1.29 is 24.1 Å². The third-order valence-corrected chi connectivity index (χ3v) is 3.29. The second kappa shape index (κ2) is 3.77. The Morgan fingerprint density at radius 2 is 2.18 bits per heavy atom. The Morgan fingerprint density at radius 1 is 1.59 bits per heavy atom. The summed E-state index contributed by atoms with van der Waals surface area (Å²) in [5.74, 6) is -2.59. The molecule has 92 valence electrons. The molecule has 6 heteroatoms. The van der Waals surface area contributed by atoms with Gasteiger partial charge < -0.3 is 14.9 Å². The highest BCUT2D eigenvalue weighted by atomic mass is 35.5. The normalized spacial score (nSPS) is 16.6. The first-order valence-corrected chi connectivity index (χ1v) is 5.30. The third kappa shape index (κ3) is 1.61. The van der Waals surface area contributed by atoms with Crippen molar-refractivity contribution in [1.29, 1.82) is 0 Å². The number of carbonyl (C=O) groups is 1. The first-order chi connectivity index (χ1) is 7.94. The maximum atomic E-state index is 13.9. The van der Waals surface area contributed by atoms with Crippen molar-refractivity contribution in [3.63, 3.8) is 0 Å². The molecule has 1 aromatic carbocycles. The molecule has 0 saturated heterocycles. The number of aromatic hydroxyl groups is 1. The van der Waals surface area contributed by atoms with Crippen molar-refractivity contribution >= 4 is 17.6 Å². The smallest absolute Gasteiger partial charge is 0.314 e. The molecule has 1 saturated carbocycles. The van der Waals surface area contributed by atoms with Gasteiger partial charge in [0.2, 0.25) is 0 Å². The van der Waals surface area contributed by atoms with Crippen LogP contribution in [0.25, 0.3) is 0 Å². The minimum absolute atomic E-state index is 0.0288. The van der Waals surface area contributed by atoms with Crippen LogP contribution in [0, 0.1) is 5.82 Å². The summed E-state index contributed by atoms with van der Waals surface area (Å²) in [5.41, 5.74) is -1.65. The van der Waals surface area contributed by atoms with Crippen molar-refractivity contribution in [2.45, 2.75) is 18.3 Å². The van der Waals surface area contributed by atoms with Gasteiger partial charge in [0.15, 0.2) is 11.5 Å². The molecule has 4 nitrogen and oxygen atoms in total. The zero-order valence-corrected chi connectivity index (χ0v) is 9.71. The fourth-order valence-corrected chi connectivity index (χ4v) is 2.08. The number of hydrogen-bond acceptors (Lipinski definition) is 3. The maximum absolute atomic E-state index is 13.9. The quantitative estimate of drug-likeness (QED) is 0.875. The monoisotopic (exact) mass is 260 g/mol. The van der Waals surface area contributed by atoms with E-state index in [0.717, 1.165) is 6.07 Å². The summed E-state index contributed by atoms with van der Waals surface area (Å²) in [4.78, 5) is 11.1. The number of aliphatic carboxylic acids is 1. The number of carboxylic acids is 1. The fraction of sp³-hybridized carbons (Fsp3) is 0.364. The Balaban J connectivity index is 2.69. The predicted octanol–water partition coefficient (Wildman–Crippen LogP) is 2.31. The SMILES string of the molecule is COc1cc(Cl)c(F)c(C2(C(=O)O)CC2)c1O. The van der Waals surface area contributed by atoms with Crippen molar-refractivity contribution in [1.82, 2.24) is 0 Å². The van der Waals surface area contributed by atoms with Crippen LogP contribution in [-0.2, 0) is 10.2 Å². The Labute approximate surface area is 102 Å². The molecule has 0 radical (unpaired) electrons. The fourth-order valence-electron chi connectivity index (χ4n) is 1.88. The predicted molar refractivity (Wildman–Crippen MR) is 58.2 cm³/mol. The molecule has 0 bridgehead atoms. The van der Waals surface area contributed by atoms with E-state index in [9.17, 15) is 14.3 Å². The maximum Gasteiger partial charge on any atom is 0.314 e. The van der Waals surface area contributed by atoms with Gasteiger partial charge in [0, 0.05) is 6.07 Å². The van der Waals surface area contributed by atoms with Gasteiger partial charge in [-0.1, -0.05) is 11.6 Å². The van der Waals surface area contributed by atoms with E-state index in [2.05, 4.69) is 0 Å². The molecule has 0 aliphatic heterocycles. The van der Waals surface area contributed by atoms with Crippen LogP contribution in [0.15, 0.2) is 6.07 Å². The largest absolute Gasteiger partial charge is 0.504 e. The van der Waals surface area contributed by atoms with E-state index in [1.807, 2.05) is 0 Å². The first-order valence-electron chi connectivity index (χ1n) is 4.93. The Kier molecular flexibility index (Phi) is 2.66. The van der Waals surface area contributed by atoms with Gasteiger partial charge in [-0.3, -0.25) is 4.79 Å². The number of ether oxygens (including phenoxy) is 1. The second-order valence-electron chi connectivity index (χ2n) is 3.99. The zero-order valence-electron chi connectivity index (χ0n) is 8.96.